The van der Waals surface area contributed by atoms with Crippen LogP contribution in [0.4, 0.5) is 5.69 Å². The van der Waals surface area contributed by atoms with Gasteiger partial charge in [-0.3, -0.25) is 4.79 Å². The fourth-order valence-electron chi connectivity index (χ4n) is 3.22. The highest BCUT2D eigenvalue weighted by atomic mass is 16.5. The highest BCUT2D eigenvalue weighted by Gasteiger charge is 2.27. The predicted molar refractivity (Wildman–Crippen MR) is 116 cm³/mol. The van der Waals surface area contributed by atoms with Crippen LogP contribution in [0.25, 0.3) is 11.6 Å². The molecule has 0 spiro atoms. The van der Waals surface area contributed by atoms with E-state index in [0.717, 1.165) is 22.3 Å². The molecule has 1 heterocycles. The van der Waals surface area contributed by atoms with Crippen LogP contribution in [-0.2, 0) is 4.79 Å². The van der Waals surface area contributed by atoms with Gasteiger partial charge in [0, 0.05) is 17.2 Å². The molecule has 1 amide bonds. The molecule has 29 heavy (non-hydrogen) atoms. The first-order valence-corrected chi connectivity index (χ1v) is 9.26. The minimum atomic E-state index is -0.444. The van der Waals surface area contributed by atoms with Crippen molar-refractivity contribution in [2.75, 3.05) is 26.1 Å². The van der Waals surface area contributed by atoms with Crippen LogP contribution in [0, 0.1) is 0 Å². The van der Waals surface area contributed by atoms with Gasteiger partial charge in [-0.15, -0.1) is 0 Å². The Hall–Kier alpha value is -3.25. The van der Waals surface area contributed by atoms with Crippen LogP contribution in [0.2, 0.25) is 0 Å². The quantitative estimate of drug-likeness (QED) is 0.778. The Labute approximate surface area is 171 Å². The molecule has 152 valence electrons. The molecule has 1 aliphatic rings. The third-order valence-corrected chi connectivity index (χ3v) is 4.73. The number of carbonyl (C=O) groups is 1. The summed E-state index contributed by atoms with van der Waals surface area (Å²) in [4.78, 5) is 11.9. The van der Waals surface area contributed by atoms with Crippen molar-refractivity contribution in [1.82, 2.24) is 0 Å². The SMILES string of the molecule is C=C(c1ccc(OC)cc1NC(=O)CN)c1ccc(OC)c2c1C=CC(C)(C)O2. The summed E-state index contributed by atoms with van der Waals surface area (Å²) in [6.45, 7) is 8.14. The molecule has 0 atom stereocenters. The number of rotatable bonds is 6. The number of benzene rings is 2. The lowest BCUT2D eigenvalue weighted by Crippen LogP contribution is -2.28. The Bertz CT molecular complexity index is 993. The number of methoxy groups -OCH3 is 2. The Morgan fingerprint density at radius 1 is 1.17 bits per heavy atom. The number of ether oxygens (including phenoxy) is 3. The summed E-state index contributed by atoms with van der Waals surface area (Å²) in [6.07, 6.45) is 4.01. The first-order chi connectivity index (χ1) is 13.8. The van der Waals surface area contributed by atoms with E-state index in [1.807, 2.05) is 50.3 Å². The number of amides is 1. The van der Waals surface area contributed by atoms with Gasteiger partial charge in [0.1, 0.15) is 11.4 Å². The van der Waals surface area contributed by atoms with Crippen LogP contribution in [0.1, 0.15) is 30.5 Å². The van der Waals surface area contributed by atoms with E-state index in [2.05, 4.69) is 11.9 Å². The van der Waals surface area contributed by atoms with Gasteiger partial charge in [0.05, 0.1) is 26.5 Å². The number of fused-ring (bicyclic) bond motifs is 1. The third kappa shape index (κ3) is 4.12. The molecule has 1 aliphatic heterocycles. The van der Waals surface area contributed by atoms with Crippen molar-refractivity contribution in [3.05, 3.63) is 59.7 Å². The lowest BCUT2D eigenvalue weighted by molar-refractivity contribution is -0.114. The largest absolute Gasteiger partial charge is 0.497 e. The van der Waals surface area contributed by atoms with Gasteiger partial charge < -0.3 is 25.3 Å². The number of nitrogens with two attached hydrogens (primary N) is 1. The Morgan fingerprint density at radius 3 is 2.55 bits per heavy atom. The maximum absolute atomic E-state index is 11.9. The van der Waals surface area contributed by atoms with Crippen molar-refractivity contribution in [3.63, 3.8) is 0 Å². The highest BCUT2D eigenvalue weighted by molar-refractivity contribution is 5.98. The smallest absolute Gasteiger partial charge is 0.238 e. The van der Waals surface area contributed by atoms with Crippen LogP contribution < -0.4 is 25.3 Å². The Kier molecular flexibility index (Phi) is 5.66. The summed E-state index contributed by atoms with van der Waals surface area (Å²) in [5.41, 5.74) is 8.85. The molecule has 3 rings (SSSR count). The summed E-state index contributed by atoms with van der Waals surface area (Å²) < 4.78 is 16.9. The zero-order chi connectivity index (χ0) is 21.2. The Balaban J connectivity index is 2.11. The second-order valence-corrected chi connectivity index (χ2v) is 7.24. The molecule has 0 fully saturated rings. The van der Waals surface area contributed by atoms with Crippen molar-refractivity contribution >= 4 is 23.2 Å². The normalized spacial score (nSPS) is 13.8. The van der Waals surface area contributed by atoms with Gasteiger partial charge in [0.15, 0.2) is 11.5 Å². The minimum absolute atomic E-state index is 0.118. The predicted octanol–water partition coefficient (Wildman–Crippen LogP) is 3.85. The van der Waals surface area contributed by atoms with E-state index in [1.54, 1.807) is 20.3 Å². The lowest BCUT2D eigenvalue weighted by atomic mass is 9.90. The molecule has 0 saturated heterocycles. The van der Waals surface area contributed by atoms with Gasteiger partial charge in [-0.25, -0.2) is 0 Å². The fourth-order valence-corrected chi connectivity index (χ4v) is 3.22. The second-order valence-electron chi connectivity index (χ2n) is 7.24. The summed E-state index contributed by atoms with van der Waals surface area (Å²) in [6, 6.07) is 9.23. The van der Waals surface area contributed by atoms with Gasteiger partial charge in [0.2, 0.25) is 5.91 Å². The van der Waals surface area contributed by atoms with Gasteiger partial charge in [-0.2, -0.15) is 0 Å². The van der Waals surface area contributed by atoms with Crippen LogP contribution in [-0.4, -0.2) is 32.3 Å². The molecular formula is C23H26N2O4. The highest BCUT2D eigenvalue weighted by Crippen LogP contribution is 2.44. The molecule has 0 bridgehead atoms. The first kappa shape index (κ1) is 20.5. The number of nitrogens with one attached hydrogen (secondary N) is 1. The van der Waals surface area contributed by atoms with Crippen molar-refractivity contribution in [2.24, 2.45) is 5.73 Å². The maximum Gasteiger partial charge on any atom is 0.238 e. The van der Waals surface area contributed by atoms with Gasteiger partial charge in [-0.05, 0) is 55.3 Å². The third-order valence-electron chi connectivity index (χ3n) is 4.73. The molecule has 6 nitrogen and oxygen atoms in total. The molecule has 0 aromatic heterocycles. The van der Waals surface area contributed by atoms with Crippen LogP contribution in [0.5, 0.6) is 17.2 Å². The molecule has 0 radical (unpaired) electrons. The monoisotopic (exact) mass is 394 g/mol. The zero-order valence-corrected chi connectivity index (χ0v) is 17.2. The van der Waals surface area contributed by atoms with Gasteiger partial charge in [0.25, 0.3) is 0 Å². The molecule has 2 aromatic rings. The van der Waals surface area contributed by atoms with Crippen LogP contribution >= 0.6 is 0 Å². The molecule has 3 N–H and O–H groups in total. The molecule has 0 unspecified atom stereocenters. The number of anilines is 1. The number of carbonyl (C=O) groups excluding carboxylic acids is 1. The summed E-state index contributed by atoms with van der Waals surface area (Å²) >= 11 is 0. The van der Waals surface area contributed by atoms with E-state index in [4.69, 9.17) is 19.9 Å². The Morgan fingerprint density at radius 2 is 1.90 bits per heavy atom. The standard InChI is InChI=1S/C23H26N2O4/c1-14(17-7-6-15(27-4)12-19(17)25-21(26)13-24)16-8-9-20(28-5)22-18(16)10-11-23(2,3)29-22/h6-12H,1,13,24H2,2-5H3,(H,25,26). The number of hydrogen-bond acceptors (Lipinski definition) is 5. The van der Waals surface area contributed by atoms with Crippen molar-refractivity contribution in [2.45, 2.75) is 19.4 Å². The maximum atomic E-state index is 11.9. The minimum Gasteiger partial charge on any atom is -0.497 e. The molecule has 2 aromatic carbocycles. The second kappa shape index (κ2) is 8.01. The van der Waals surface area contributed by atoms with E-state index in [-0.39, 0.29) is 12.5 Å². The number of hydrogen-bond donors (Lipinski definition) is 2. The molecule has 0 aliphatic carbocycles. The van der Waals surface area contributed by atoms with Crippen LogP contribution in [0.3, 0.4) is 0 Å². The van der Waals surface area contributed by atoms with E-state index in [9.17, 15) is 4.79 Å². The van der Waals surface area contributed by atoms with Crippen molar-refractivity contribution < 1.29 is 19.0 Å². The van der Waals surface area contributed by atoms with Crippen LogP contribution in [0.15, 0.2) is 43.0 Å². The van der Waals surface area contributed by atoms with Gasteiger partial charge in [-0.1, -0.05) is 12.7 Å². The van der Waals surface area contributed by atoms with E-state index in [1.165, 1.54) is 0 Å². The zero-order valence-electron chi connectivity index (χ0n) is 17.2. The van der Waals surface area contributed by atoms with Crippen molar-refractivity contribution in [3.8, 4) is 17.2 Å². The molecule has 0 saturated carbocycles. The molecular weight excluding hydrogens is 368 g/mol. The van der Waals surface area contributed by atoms with E-state index >= 15 is 0 Å². The summed E-state index contributed by atoms with van der Waals surface area (Å²) in [5.74, 6) is 1.64. The topological polar surface area (TPSA) is 82.8 Å². The fraction of sp³-hybridized carbons (Fsp3) is 0.261. The average Bonchev–Trinajstić information content (AvgIpc) is 2.71. The molecule has 6 heteroatoms. The van der Waals surface area contributed by atoms with E-state index < -0.39 is 5.60 Å². The van der Waals surface area contributed by atoms with Crippen molar-refractivity contribution in [1.29, 1.82) is 0 Å². The summed E-state index contributed by atoms with van der Waals surface area (Å²) in [5, 5.41) is 2.82. The van der Waals surface area contributed by atoms with Gasteiger partial charge >= 0.3 is 0 Å². The van der Waals surface area contributed by atoms with E-state index in [0.29, 0.717) is 22.9 Å². The average molecular weight is 394 g/mol. The lowest BCUT2D eigenvalue weighted by Gasteiger charge is -2.30. The summed E-state index contributed by atoms with van der Waals surface area (Å²) in [7, 11) is 3.19. The first-order valence-electron chi connectivity index (χ1n) is 9.26.